The van der Waals surface area contributed by atoms with Crippen LogP contribution in [0.3, 0.4) is 0 Å². The van der Waals surface area contributed by atoms with Crippen molar-refractivity contribution in [2.75, 3.05) is 13.2 Å². The van der Waals surface area contributed by atoms with Crippen LogP contribution in [0.15, 0.2) is 21.6 Å². The molecule has 0 aromatic heterocycles. The van der Waals surface area contributed by atoms with Crippen molar-refractivity contribution in [1.29, 1.82) is 0 Å². The highest BCUT2D eigenvalue weighted by Gasteiger charge is 2.35. The van der Waals surface area contributed by atoms with E-state index in [4.69, 9.17) is 15.0 Å². The molecule has 9 heteroatoms. The molecule has 0 aliphatic carbocycles. The van der Waals surface area contributed by atoms with Crippen LogP contribution in [-0.4, -0.2) is 33.4 Å². The van der Waals surface area contributed by atoms with Crippen LogP contribution < -0.4 is 9.47 Å². The minimum absolute atomic E-state index is 0.0594. The van der Waals surface area contributed by atoms with Gasteiger partial charge in [0, 0.05) is 16.5 Å². The lowest BCUT2D eigenvalue weighted by Crippen LogP contribution is -2.45. The van der Waals surface area contributed by atoms with Gasteiger partial charge in [0.2, 0.25) is 0 Å². The molecule has 0 fully saturated rings. The summed E-state index contributed by atoms with van der Waals surface area (Å²) in [4.78, 5) is 2.73. The first-order valence-electron chi connectivity index (χ1n) is 7.70. The number of hydrogen-bond acceptors (Lipinski definition) is 4. The third-order valence-corrected chi connectivity index (χ3v) is 4.99. The molecule has 0 saturated carbocycles. The number of hydrogen-bond donors (Lipinski definition) is 0. The first kappa shape index (κ1) is 19.2. The maximum absolute atomic E-state index is 13.9. The zero-order chi connectivity index (χ0) is 18.8. The van der Waals surface area contributed by atoms with E-state index >= 15 is 0 Å². The van der Waals surface area contributed by atoms with Gasteiger partial charge in [0.1, 0.15) is 29.0 Å². The lowest BCUT2D eigenvalue weighted by molar-refractivity contribution is 0.0130. The quantitative estimate of drug-likeness (QED) is 0.348. The van der Waals surface area contributed by atoms with E-state index in [0.29, 0.717) is 17.0 Å². The Morgan fingerprint density at radius 2 is 2.16 bits per heavy atom. The molecule has 1 unspecified atom stereocenters. The van der Waals surface area contributed by atoms with Gasteiger partial charge in [0.15, 0.2) is 11.5 Å². The Balaban J connectivity index is 2.47. The fourth-order valence-electron chi connectivity index (χ4n) is 2.13. The van der Waals surface area contributed by atoms with E-state index < -0.39 is 27.2 Å². The molecule has 25 heavy (non-hydrogen) atoms. The van der Waals surface area contributed by atoms with Crippen molar-refractivity contribution in [1.82, 2.24) is 0 Å². The van der Waals surface area contributed by atoms with E-state index in [0.717, 1.165) is 0 Å². The van der Waals surface area contributed by atoms with Gasteiger partial charge in [0.25, 0.3) is 0 Å². The summed E-state index contributed by atoms with van der Waals surface area (Å²) >= 11 is 0. The zero-order valence-electron chi connectivity index (χ0n) is 14.9. The molecule has 0 amide bonds. The Morgan fingerprint density at radius 3 is 2.76 bits per heavy atom. The van der Waals surface area contributed by atoms with Crippen LogP contribution in [-0.2, 0) is 11.0 Å². The van der Waals surface area contributed by atoms with Crippen molar-refractivity contribution in [2.24, 2.45) is 9.51 Å². The summed E-state index contributed by atoms with van der Waals surface area (Å²) in [5, 5.41) is 3.54. The Hall–Kier alpha value is -2.12. The van der Waals surface area contributed by atoms with Gasteiger partial charge in [-0.05, 0) is 46.2 Å². The summed E-state index contributed by atoms with van der Waals surface area (Å²) in [6, 6.07) is 2.49. The maximum Gasteiger partial charge on any atom is 0.171 e. The van der Waals surface area contributed by atoms with Crippen molar-refractivity contribution in [3.05, 3.63) is 34.0 Å². The van der Waals surface area contributed by atoms with Crippen molar-refractivity contribution >= 4 is 16.7 Å². The molecule has 1 heterocycles. The van der Waals surface area contributed by atoms with Crippen LogP contribution in [0.25, 0.3) is 10.4 Å². The van der Waals surface area contributed by atoms with Gasteiger partial charge >= 0.3 is 0 Å². The smallest absolute Gasteiger partial charge is 0.171 e. The van der Waals surface area contributed by atoms with Crippen molar-refractivity contribution < 1.29 is 18.1 Å². The summed E-state index contributed by atoms with van der Waals surface area (Å²) in [7, 11) is -1.50. The fourth-order valence-corrected chi connectivity index (χ4v) is 2.75. The average Bonchev–Trinajstić information content (AvgIpc) is 2.52. The predicted molar refractivity (Wildman–Crippen MR) is 95.0 cm³/mol. The number of fused-ring (bicyclic) bond motifs is 1. The molecular formula is C16H21FN4O3S. The van der Waals surface area contributed by atoms with Gasteiger partial charge in [-0.3, -0.25) is 0 Å². The number of benzene rings is 1. The van der Waals surface area contributed by atoms with E-state index in [2.05, 4.69) is 14.4 Å². The van der Waals surface area contributed by atoms with Crippen molar-refractivity contribution in [3.63, 3.8) is 0 Å². The number of nitrogens with zero attached hydrogens (tertiary/aromatic N) is 4. The van der Waals surface area contributed by atoms with Crippen LogP contribution >= 0.6 is 0 Å². The number of rotatable bonds is 4. The Kier molecular flexibility index (Phi) is 5.39. The van der Waals surface area contributed by atoms with Gasteiger partial charge < -0.3 is 9.47 Å². The van der Waals surface area contributed by atoms with Gasteiger partial charge in [-0.15, -0.1) is 0 Å². The van der Waals surface area contributed by atoms with Crippen LogP contribution in [0.1, 0.15) is 40.2 Å². The van der Waals surface area contributed by atoms with Crippen molar-refractivity contribution in [2.45, 2.75) is 45.0 Å². The fraction of sp³-hybridized carbons (Fsp3) is 0.562. The second kappa shape index (κ2) is 7.01. The maximum atomic E-state index is 13.9. The van der Waals surface area contributed by atoms with E-state index in [9.17, 15) is 8.60 Å². The Bertz CT molecular complexity index is 784. The largest absolute Gasteiger partial charge is 0.485 e. The lowest BCUT2D eigenvalue weighted by Gasteiger charge is -2.35. The summed E-state index contributed by atoms with van der Waals surface area (Å²) < 4.78 is 41.4. The minimum Gasteiger partial charge on any atom is -0.485 e. The molecule has 1 aromatic carbocycles. The van der Waals surface area contributed by atoms with Gasteiger partial charge in [-0.1, -0.05) is 5.11 Å². The highest BCUT2D eigenvalue weighted by atomic mass is 32.2. The highest BCUT2D eigenvalue weighted by Crippen LogP contribution is 2.39. The van der Waals surface area contributed by atoms with Crippen LogP contribution in [0.4, 0.5) is 4.39 Å². The standard InChI is InChI=1S/C16H21FN4O3S/c1-10(20-25(22)15(2,3)4)12-6-11(17)7-13-14(12)24-16(5,9-23-13)8-19-21-18/h6-7H,8-9H2,1-5H3/t16?,25-/m1/s1. The van der Waals surface area contributed by atoms with Gasteiger partial charge in [-0.25, -0.2) is 8.60 Å². The molecule has 2 rings (SSSR count). The van der Waals surface area contributed by atoms with Crippen LogP contribution in [0.2, 0.25) is 0 Å². The summed E-state index contributed by atoms with van der Waals surface area (Å²) in [6.45, 7) is 8.96. The number of azide groups is 1. The minimum atomic E-state index is -1.50. The van der Waals surface area contributed by atoms with E-state index in [1.165, 1.54) is 12.1 Å². The second-order valence-corrected chi connectivity index (χ2v) is 8.95. The van der Waals surface area contributed by atoms with E-state index in [-0.39, 0.29) is 18.9 Å². The number of ether oxygens (including phenoxy) is 2. The summed E-state index contributed by atoms with van der Waals surface area (Å²) in [5.74, 6) is 0.0343. The average molecular weight is 368 g/mol. The zero-order valence-corrected chi connectivity index (χ0v) is 15.7. The van der Waals surface area contributed by atoms with E-state index in [1.54, 1.807) is 34.6 Å². The SMILES string of the molecule is CC(=N[S@](=O)C(C)(C)C)c1cc(F)cc2c1OC(C)(CN=[N+]=[N-])CO2. The van der Waals surface area contributed by atoms with Crippen molar-refractivity contribution in [3.8, 4) is 11.5 Å². The molecule has 2 atom stereocenters. The summed E-state index contributed by atoms with van der Waals surface area (Å²) in [5.41, 5.74) is 8.38. The normalized spacial score (nSPS) is 21.4. The molecule has 0 bridgehead atoms. The lowest BCUT2D eigenvalue weighted by atomic mass is 10.0. The third kappa shape index (κ3) is 4.49. The molecule has 0 N–H and O–H groups in total. The molecule has 0 saturated heterocycles. The first-order valence-corrected chi connectivity index (χ1v) is 8.80. The molecule has 1 aliphatic rings. The third-order valence-electron chi connectivity index (χ3n) is 3.50. The number of halogens is 1. The molecule has 0 spiro atoms. The topological polar surface area (TPSA) is 96.7 Å². The first-order chi connectivity index (χ1) is 11.6. The van der Waals surface area contributed by atoms with Gasteiger partial charge in [-0.2, -0.15) is 4.40 Å². The Labute approximate surface area is 148 Å². The highest BCUT2D eigenvalue weighted by molar-refractivity contribution is 7.85. The summed E-state index contributed by atoms with van der Waals surface area (Å²) in [6.07, 6.45) is 0. The molecule has 7 nitrogen and oxygen atoms in total. The molecular weight excluding hydrogens is 347 g/mol. The van der Waals surface area contributed by atoms with Gasteiger partial charge in [0.05, 0.1) is 17.0 Å². The molecule has 1 aromatic rings. The second-order valence-electron chi connectivity index (χ2n) is 7.05. The molecule has 0 radical (unpaired) electrons. The van der Waals surface area contributed by atoms with E-state index in [1.807, 2.05) is 0 Å². The predicted octanol–water partition coefficient (Wildman–Crippen LogP) is 3.94. The Morgan fingerprint density at radius 1 is 1.48 bits per heavy atom. The van der Waals surface area contributed by atoms with Crippen LogP contribution in [0.5, 0.6) is 11.5 Å². The van der Waals surface area contributed by atoms with Crippen LogP contribution in [0, 0.1) is 5.82 Å². The molecule has 1 aliphatic heterocycles. The monoisotopic (exact) mass is 368 g/mol. The molecule has 136 valence electrons.